The number of hydrogen-bond acceptors (Lipinski definition) is 3. The van der Waals surface area contributed by atoms with E-state index in [1.165, 1.54) is 13.0 Å². The van der Waals surface area contributed by atoms with Crippen molar-refractivity contribution in [3.8, 4) is 6.07 Å². The van der Waals surface area contributed by atoms with Gasteiger partial charge in [0.15, 0.2) is 0 Å². The Hall–Kier alpha value is -0.590. The molecule has 1 N–H and O–H groups in total. The Morgan fingerprint density at radius 2 is 1.94 bits per heavy atom. The van der Waals surface area contributed by atoms with Gasteiger partial charge in [-0.25, -0.2) is 0 Å². The van der Waals surface area contributed by atoms with Gasteiger partial charge < -0.3 is 10.2 Å². The van der Waals surface area contributed by atoms with E-state index in [2.05, 4.69) is 44.0 Å². The third-order valence-electron chi connectivity index (χ3n) is 3.11. The molecule has 100 valence electrons. The molecule has 0 aliphatic heterocycles. The molecule has 0 atom stereocenters. The summed E-state index contributed by atoms with van der Waals surface area (Å²) in [5, 5.41) is 12.1. The van der Waals surface area contributed by atoms with Crippen molar-refractivity contribution in [1.82, 2.24) is 10.2 Å². The van der Waals surface area contributed by atoms with Crippen LogP contribution >= 0.6 is 0 Å². The second-order valence-electron chi connectivity index (χ2n) is 5.43. The Kier molecular flexibility index (Phi) is 9.11. The minimum absolute atomic E-state index is 0.234. The van der Waals surface area contributed by atoms with Crippen LogP contribution in [0.2, 0.25) is 0 Å². The smallest absolute Gasteiger partial charge is 0.0621 e. The van der Waals surface area contributed by atoms with Gasteiger partial charge in [0.05, 0.1) is 6.07 Å². The standard InChI is InChI=1S/C14H29N3/c1-5-11-17(6-2)12-10-16-13-14(3,4)8-7-9-15/h16H,5-8,10-13H2,1-4H3. The molecule has 0 aromatic rings. The lowest BCUT2D eigenvalue weighted by molar-refractivity contribution is 0.269. The minimum Gasteiger partial charge on any atom is -0.315 e. The third kappa shape index (κ3) is 9.14. The first-order valence-corrected chi connectivity index (χ1v) is 6.85. The lowest BCUT2D eigenvalue weighted by Gasteiger charge is -2.25. The average molecular weight is 239 g/mol. The molecule has 17 heavy (non-hydrogen) atoms. The van der Waals surface area contributed by atoms with Gasteiger partial charge in [0.25, 0.3) is 0 Å². The summed E-state index contributed by atoms with van der Waals surface area (Å²) in [6.45, 7) is 14.4. The van der Waals surface area contributed by atoms with E-state index in [0.29, 0.717) is 6.42 Å². The number of nitrogens with one attached hydrogen (secondary N) is 1. The molecule has 0 rings (SSSR count). The summed E-state index contributed by atoms with van der Waals surface area (Å²) >= 11 is 0. The topological polar surface area (TPSA) is 39.1 Å². The quantitative estimate of drug-likeness (QED) is 0.596. The van der Waals surface area contributed by atoms with Gasteiger partial charge in [0.2, 0.25) is 0 Å². The minimum atomic E-state index is 0.234. The molecular formula is C14H29N3. The zero-order valence-electron chi connectivity index (χ0n) is 12.1. The van der Waals surface area contributed by atoms with Gasteiger partial charge in [-0.1, -0.05) is 27.7 Å². The number of nitriles is 1. The van der Waals surface area contributed by atoms with E-state index in [-0.39, 0.29) is 5.41 Å². The predicted octanol–water partition coefficient (Wildman–Crippen LogP) is 2.64. The Morgan fingerprint density at radius 3 is 2.47 bits per heavy atom. The van der Waals surface area contributed by atoms with Crippen molar-refractivity contribution in [3.05, 3.63) is 0 Å². The fourth-order valence-corrected chi connectivity index (χ4v) is 1.89. The highest BCUT2D eigenvalue weighted by Gasteiger charge is 2.16. The fraction of sp³-hybridized carbons (Fsp3) is 0.929. The number of hydrogen-bond donors (Lipinski definition) is 1. The summed E-state index contributed by atoms with van der Waals surface area (Å²) in [6.07, 6.45) is 2.86. The zero-order chi connectivity index (χ0) is 13.1. The van der Waals surface area contributed by atoms with Crippen LogP contribution in [-0.2, 0) is 0 Å². The number of likely N-dealkylation sites (N-methyl/N-ethyl adjacent to an activating group) is 1. The Bertz CT molecular complexity index is 218. The number of nitrogens with zero attached hydrogens (tertiary/aromatic N) is 2. The van der Waals surface area contributed by atoms with E-state index in [1.54, 1.807) is 0 Å². The molecule has 0 aromatic heterocycles. The van der Waals surface area contributed by atoms with E-state index in [0.717, 1.165) is 32.6 Å². The second kappa shape index (κ2) is 9.44. The molecule has 0 radical (unpaired) electrons. The van der Waals surface area contributed by atoms with Gasteiger partial charge in [-0.2, -0.15) is 5.26 Å². The van der Waals surface area contributed by atoms with Crippen LogP contribution in [0.4, 0.5) is 0 Å². The first-order chi connectivity index (χ1) is 8.05. The number of rotatable bonds is 10. The molecule has 3 nitrogen and oxygen atoms in total. The molecule has 0 saturated heterocycles. The van der Waals surface area contributed by atoms with Gasteiger partial charge in [-0.05, 0) is 31.3 Å². The van der Waals surface area contributed by atoms with Crippen molar-refractivity contribution in [3.63, 3.8) is 0 Å². The summed E-state index contributed by atoms with van der Waals surface area (Å²) in [5.74, 6) is 0. The lowest BCUT2D eigenvalue weighted by atomic mass is 9.88. The van der Waals surface area contributed by atoms with Crippen molar-refractivity contribution in [2.45, 2.75) is 47.0 Å². The maximum Gasteiger partial charge on any atom is 0.0621 e. The van der Waals surface area contributed by atoms with E-state index >= 15 is 0 Å². The summed E-state index contributed by atoms with van der Waals surface area (Å²) < 4.78 is 0. The zero-order valence-corrected chi connectivity index (χ0v) is 12.1. The predicted molar refractivity (Wildman–Crippen MR) is 73.9 cm³/mol. The maximum atomic E-state index is 8.59. The van der Waals surface area contributed by atoms with E-state index in [1.807, 2.05) is 0 Å². The van der Waals surface area contributed by atoms with Crippen LogP contribution in [0.3, 0.4) is 0 Å². The Balaban J connectivity index is 3.65. The highest BCUT2D eigenvalue weighted by atomic mass is 15.1. The molecule has 0 fully saturated rings. The fourth-order valence-electron chi connectivity index (χ4n) is 1.89. The molecule has 0 aromatic carbocycles. The molecule has 3 heteroatoms. The Labute approximate surface area is 107 Å². The van der Waals surface area contributed by atoms with E-state index in [9.17, 15) is 0 Å². The van der Waals surface area contributed by atoms with Crippen LogP contribution < -0.4 is 5.32 Å². The normalized spacial score (nSPS) is 11.8. The van der Waals surface area contributed by atoms with Gasteiger partial charge in [-0.3, -0.25) is 0 Å². The van der Waals surface area contributed by atoms with Crippen LogP contribution in [0.5, 0.6) is 0 Å². The molecule has 0 unspecified atom stereocenters. The van der Waals surface area contributed by atoms with Gasteiger partial charge in [-0.15, -0.1) is 0 Å². The van der Waals surface area contributed by atoms with Crippen molar-refractivity contribution < 1.29 is 0 Å². The van der Waals surface area contributed by atoms with Crippen molar-refractivity contribution in [2.24, 2.45) is 5.41 Å². The largest absolute Gasteiger partial charge is 0.315 e. The van der Waals surface area contributed by atoms with Crippen LogP contribution in [0.1, 0.15) is 47.0 Å². The van der Waals surface area contributed by atoms with E-state index in [4.69, 9.17) is 5.26 Å². The van der Waals surface area contributed by atoms with Gasteiger partial charge in [0, 0.05) is 26.1 Å². The molecule has 0 aliphatic carbocycles. The molecule has 0 spiro atoms. The first kappa shape index (κ1) is 16.4. The van der Waals surface area contributed by atoms with Crippen LogP contribution in [0, 0.1) is 16.7 Å². The SMILES string of the molecule is CCCN(CC)CCNCC(C)(C)CCC#N. The van der Waals surface area contributed by atoms with Crippen LogP contribution in [0.25, 0.3) is 0 Å². The highest BCUT2D eigenvalue weighted by molar-refractivity contribution is 4.78. The highest BCUT2D eigenvalue weighted by Crippen LogP contribution is 2.20. The van der Waals surface area contributed by atoms with Gasteiger partial charge >= 0.3 is 0 Å². The van der Waals surface area contributed by atoms with Crippen LogP contribution in [0.15, 0.2) is 0 Å². The third-order valence-corrected chi connectivity index (χ3v) is 3.11. The van der Waals surface area contributed by atoms with E-state index < -0.39 is 0 Å². The molecule has 0 amide bonds. The summed E-state index contributed by atoms with van der Waals surface area (Å²) in [4.78, 5) is 2.47. The van der Waals surface area contributed by atoms with Crippen molar-refractivity contribution in [2.75, 3.05) is 32.7 Å². The summed E-state index contributed by atoms with van der Waals surface area (Å²) in [6, 6.07) is 2.22. The molecule has 0 heterocycles. The van der Waals surface area contributed by atoms with Crippen LogP contribution in [-0.4, -0.2) is 37.6 Å². The first-order valence-electron chi connectivity index (χ1n) is 6.85. The second-order valence-corrected chi connectivity index (χ2v) is 5.43. The van der Waals surface area contributed by atoms with Crippen molar-refractivity contribution >= 4 is 0 Å². The molecule has 0 saturated carbocycles. The molecular weight excluding hydrogens is 210 g/mol. The molecule has 0 aliphatic rings. The van der Waals surface area contributed by atoms with Crippen molar-refractivity contribution in [1.29, 1.82) is 5.26 Å². The maximum absolute atomic E-state index is 8.59. The molecule has 0 bridgehead atoms. The van der Waals surface area contributed by atoms with Gasteiger partial charge in [0.1, 0.15) is 0 Å². The average Bonchev–Trinajstić information content (AvgIpc) is 2.30. The Morgan fingerprint density at radius 1 is 1.24 bits per heavy atom. The summed E-state index contributed by atoms with van der Waals surface area (Å²) in [5.41, 5.74) is 0.234. The lowest BCUT2D eigenvalue weighted by Crippen LogP contribution is -2.36. The summed E-state index contributed by atoms with van der Waals surface area (Å²) in [7, 11) is 0. The monoisotopic (exact) mass is 239 g/mol.